The highest BCUT2D eigenvalue weighted by atomic mass is 16.1. The third kappa shape index (κ3) is 5.83. The zero-order valence-electron chi connectivity index (χ0n) is 41.5. The van der Waals surface area contributed by atoms with E-state index in [1.165, 1.54) is 89.0 Å². The molecule has 76 heavy (non-hydrogen) atoms. The number of rotatable bonds is 6. The lowest BCUT2D eigenvalue weighted by atomic mass is 9.70. The van der Waals surface area contributed by atoms with Crippen LogP contribution in [0.15, 0.2) is 279 Å². The van der Waals surface area contributed by atoms with Gasteiger partial charge in [0.15, 0.2) is 5.78 Å². The van der Waals surface area contributed by atoms with Crippen molar-refractivity contribution >= 4 is 5.78 Å². The molecule has 0 aromatic heterocycles. The molecule has 0 atom stereocenters. The van der Waals surface area contributed by atoms with Gasteiger partial charge in [-0.15, -0.1) is 0 Å². The Bertz CT molecular complexity index is 4010. The van der Waals surface area contributed by atoms with Gasteiger partial charge < -0.3 is 0 Å². The Hall–Kier alpha value is -9.69. The molecular weight excluding hydrogens is 917 g/mol. The summed E-state index contributed by atoms with van der Waals surface area (Å²) in [6.45, 7) is 0. The zero-order chi connectivity index (χ0) is 50.1. The number of hydrogen-bond donors (Lipinski definition) is 0. The Morgan fingerprint density at radius 1 is 0.197 bits per heavy atom. The predicted octanol–water partition coefficient (Wildman–Crippen LogP) is 18.3. The molecule has 0 bridgehead atoms. The van der Waals surface area contributed by atoms with Gasteiger partial charge in [-0.25, -0.2) is 0 Å². The molecule has 16 rings (SSSR count). The molecule has 352 valence electrons. The Kier molecular flexibility index (Phi) is 9.09. The van der Waals surface area contributed by atoms with Crippen molar-refractivity contribution in [3.05, 3.63) is 335 Å². The van der Waals surface area contributed by atoms with Crippen LogP contribution in [0.2, 0.25) is 0 Å². The zero-order valence-corrected chi connectivity index (χ0v) is 41.5. The van der Waals surface area contributed by atoms with Crippen LogP contribution in [0.3, 0.4) is 0 Å². The maximum atomic E-state index is 15.8. The van der Waals surface area contributed by atoms with Gasteiger partial charge in [0.1, 0.15) is 0 Å². The quantitative estimate of drug-likeness (QED) is 0.152. The van der Waals surface area contributed by atoms with Crippen LogP contribution < -0.4 is 0 Å². The smallest absolute Gasteiger partial charge is 0.193 e. The van der Waals surface area contributed by atoms with E-state index in [4.69, 9.17) is 0 Å². The molecule has 0 saturated carbocycles. The fourth-order valence-corrected chi connectivity index (χ4v) is 14.2. The molecule has 0 aliphatic heterocycles. The first-order valence-electron chi connectivity index (χ1n) is 26.4. The Balaban J connectivity index is 0.876. The summed E-state index contributed by atoms with van der Waals surface area (Å²) in [5.74, 6) is -0.0228. The fraction of sp³-hybridized carbons (Fsp3) is 0.0267. The molecule has 1 nitrogen and oxygen atoms in total. The highest BCUT2D eigenvalue weighted by Crippen LogP contribution is 2.65. The van der Waals surface area contributed by atoms with Crippen molar-refractivity contribution in [3.63, 3.8) is 0 Å². The predicted molar refractivity (Wildman–Crippen MR) is 311 cm³/mol. The molecule has 12 aromatic rings. The third-order valence-electron chi connectivity index (χ3n) is 17.3. The summed E-state index contributed by atoms with van der Waals surface area (Å²) in [4.78, 5) is 15.8. The van der Waals surface area contributed by atoms with Gasteiger partial charge in [0.05, 0.1) is 10.8 Å². The molecule has 2 spiro atoms. The average molecular weight is 963 g/mol. The second-order valence-electron chi connectivity index (χ2n) is 21.0. The number of fused-ring (bicyclic) bond motifs is 20. The first kappa shape index (κ1) is 42.8. The monoisotopic (exact) mass is 962 g/mol. The minimum Gasteiger partial charge on any atom is -0.289 e. The van der Waals surface area contributed by atoms with Crippen LogP contribution >= 0.6 is 0 Å². The number of benzene rings is 12. The number of carbonyl (C=O) groups excluding carboxylic acids is 1. The summed E-state index contributed by atoms with van der Waals surface area (Å²) in [6.07, 6.45) is 0. The van der Waals surface area contributed by atoms with Crippen LogP contribution in [-0.2, 0) is 10.8 Å². The van der Waals surface area contributed by atoms with Gasteiger partial charge in [0.25, 0.3) is 0 Å². The normalized spacial score (nSPS) is 13.8. The van der Waals surface area contributed by atoms with E-state index >= 15 is 4.79 Å². The van der Waals surface area contributed by atoms with Gasteiger partial charge in [0, 0.05) is 11.1 Å². The Morgan fingerprint density at radius 2 is 0.447 bits per heavy atom. The van der Waals surface area contributed by atoms with E-state index in [2.05, 4.69) is 279 Å². The van der Waals surface area contributed by atoms with Crippen molar-refractivity contribution in [1.29, 1.82) is 0 Å². The van der Waals surface area contributed by atoms with Gasteiger partial charge in [-0.1, -0.05) is 231 Å². The van der Waals surface area contributed by atoms with E-state index in [0.29, 0.717) is 11.1 Å². The van der Waals surface area contributed by atoms with Crippen molar-refractivity contribution in [1.82, 2.24) is 0 Å². The minimum atomic E-state index is -0.483. The molecule has 0 saturated heterocycles. The maximum Gasteiger partial charge on any atom is 0.193 e. The standard InChI is InChI=1S/C75H46O/c76-73(55-41-51(47-19-3-1-4-20-47)39-53(43-55)49-35-37-63-61-27-11-17-33-69(61)74(71(63)45-49)65-29-13-7-23-57(65)58-24-8-14-30-66(58)74)56-42-52(48-21-5-2-6-22-48)40-54(44-56)50-36-38-64-62-28-12-18-34-70(62)75(72(64)46-50)67-31-15-9-25-59(67)60-26-10-16-32-68(60)75/h1-46H. The molecule has 4 aliphatic rings. The highest BCUT2D eigenvalue weighted by Gasteiger charge is 2.53. The van der Waals surface area contributed by atoms with Crippen molar-refractivity contribution in [2.45, 2.75) is 10.8 Å². The molecule has 0 fully saturated rings. The van der Waals surface area contributed by atoms with Crippen LogP contribution in [0, 0.1) is 0 Å². The molecule has 0 amide bonds. The van der Waals surface area contributed by atoms with Crippen molar-refractivity contribution < 1.29 is 4.79 Å². The summed E-state index contributed by atoms with van der Waals surface area (Å²) in [5, 5.41) is 0. The topological polar surface area (TPSA) is 17.1 Å². The van der Waals surface area contributed by atoms with E-state index in [0.717, 1.165) is 44.5 Å². The number of carbonyl (C=O) groups is 1. The molecule has 1 heteroatoms. The van der Waals surface area contributed by atoms with Crippen LogP contribution in [0.5, 0.6) is 0 Å². The summed E-state index contributed by atoms with van der Waals surface area (Å²) >= 11 is 0. The summed E-state index contributed by atoms with van der Waals surface area (Å²) in [5.41, 5.74) is 29.1. The minimum absolute atomic E-state index is 0.0228. The summed E-state index contributed by atoms with van der Waals surface area (Å²) in [7, 11) is 0. The van der Waals surface area contributed by atoms with Gasteiger partial charge >= 0.3 is 0 Å². The van der Waals surface area contributed by atoms with Crippen LogP contribution in [0.4, 0.5) is 0 Å². The summed E-state index contributed by atoms with van der Waals surface area (Å²) < 4.78 is 0. The average Bonchev–Trinajstić information content (AvgIpc) is 4.18. The third-order valence-corrected chi connectivity index (χ3v) is 17.3. The van der Waals surface area contributed by atoms with E-state index in [1.54, 1.807) is 0 Å². The second-order valence-corrected chi connectivity index (χ2v) is 21.0. The first-order chi connectivity index (χ1) is 37.6. The maximum absolute atomic E-state index is 15.8. The molecular formula is C75H46O. The van der Waals surface area contributed by atoms with Crippen molar-refractivity contribution in [2.24, 2.45) is 0 Å². The Morgan fingerprint density at radius 3 is 0.750 bits per heavy atom. The first-order valence-corrected chi connectivity index (χ1v) is 26.4. The van der Waals surface area contributed by atoms with Crippen LogP contribution in [-0.4, -0.2) is 5.78 Å². The molecule has 0 radical (unpaired) electrons. The van der Waals surface area contributed by atoms with Gasteiger partial charge in [-0.3, -0.25) is 4.79 Å². The van der Waals surface area contributed by atoms with Gasteiger partial charge in [-0.05, 0) is 182 Å². The molecule has 0 unspecified atom stereocenters. The largest absolute Gasteiger partial charge is 0.289 e. The highest BCUT2D eigenvalue weighted by molar-refractivity contribution is 6.12. The lowest BCUT2D eigenvalue weighted by Crippen LogP contribution is -2.25. The lowest BCUT2D eigenvalue weighted by molar-refractivity contribution is 0.103. The van der Waals surface area contributed by atoms with Crippen LogP contribution in [0.1, 0.15) is 60.4 Å². The molecule has 4 aliphatic carbocycles. The summed E-state index contributed by atoms with van der Waals surface area (Å²) in [6, 6.07) is 102. The van der Waals surface area contributed by atoms with Crippen LogP contribution in [0.25, 0.3) is 89.0 Å². The molecule has 0 heterocycles. The number of ketones is 1. The van der Waals surface area contributed by atoms with Crippen molar-refractivity contribution in [2.75, 3.05) is 0 Å². The Labute approximate surface area is 442 Å². The van der Waals surface area contributed by atoms with E-state index in [9.17, 15) is 0 Å². The van der Waals surface area contributed by atoms with Crippen molar-refractivity contribution in [3.8, 4) is 89.0 Å². The second kappa shape index (κ2) is 16.2. The van der Waals surface area contributed by atoms with E-state index < -0.39 is 10.8 Å². The number of hydrogen-bond acceptors (Lipinski definition) is 1. The lowest BCUT2D eigenvalue weighted by Gasteiger charge is -2.30. The van der Waals surface area contributed by atoms with E-state index in [-0.39, 0.29) is 5.78 Å². The molecule has 12 aromatic carbocycles. The SMILES string of the molecule is O=C(c1cc(-c2ccccc2)cc(-c2ccc3c(c2)C2(c4ccccc4-c4ccccc42)c2ccccc2-3)c1)c1cc(-c2ccccc2)cc(-c2ccc3c(c2)C2(c4ccccc4-c4ccccc42)c2ccccc2-3)c1. The van der Waals surface area contributed by atoms with Gasteiger partial charge in [0.2, 0.25) is 0 Å². The fourth-order valence-electron chi connectivity index (χ4n) is 14.2. The van der Waals surface area contributed by atoms with E-state index in [1.807, 2.05) is 0 Å². The van der Waals surface area contributed by atoms with Gasteiger partial charge in [-0.2, -0.15) is 0 Å². The molecule has 0 N–H and O–H groups in total.